The number of carbonyl (C=O) groups excluding carboxylic acids is 2. The van der Waals surface area contributed by atoms with Crippen LogP contribution in [0.4, 0.5) is 0 Å². The number of hydrogen-bond acceptors (Lipinski definition) is 4. The summed E-state index contributed by atoms with van der Waals surface area (Å²) < 4.78 is 0. The van der Waals surface area contributed by atoms with Crippen molar-refractivity contribution in [3.8, 4) is 0 Å². The van der Waals surface area contributed by atoms with Crippen LogP contribution >= 0.6 is 0 Å². The zero-order valence-electron chi connectivity index (χ0n) is 12.0. The minimum absolute atomic E-state index is 0.00326. The van der Waals surface area contributed by atoms with Crippen LogP contribution in [0.1, 0.15) is 26.7 Å². The highest BCUT2D eigenvalue weighted by molar-refractivity contribution is 5.87. The molecule has 0 unspecified atom stereocenters. The quantitative estimate of drug-likeness (QED) is 0.625. The highest BCUT2D eigenvalue weighted by Crippen LogP contribution is 2.16. The van der Waals surface area contributed by atoms with Crippen molar-refractivity contribution < 1.29 is 19.5 Å². The van der Waals surface area contributed by atoms with E-state index in [4.69, 9.17) is 10.8 Å². The van der Waals surface area contributed by atoms with E-state index in [-0.39, 0.29) is 30.8 Å². The van der Waals surface area contributed by atoms with Gasteiger partial charge in [0, 0.05) is 13.1 Å². The maximum atomic E-state index is 11.9. The Balaban J connectivity index is 2.43. The van der Waals surface area contributed by atoms with Crippen molar-refractivity contribution >= 4 is 17.8 Å². The van der Waals surface area contributed by atoms with Crippen LogP contribution in [-0.2, 0) is 14.4 Å². The fourth-order valence-corrected chi connectivity index (χ4v) is 2.10. The lowest BCUT2D eigenvalue weighted by Gasteiger charge is -2.31. The molecule has 20 heavy (non-hydrogen) atoms. The Bertz CT molecular complexity index is 384. The van der Waals surface area contributed by atoms with Gasteiger partial charge in [-0.1, -0.05) is 13.8 Å². The highest BCUT2D eigenvalue weighted by Gasteiger charge is 2.28. The van der Waals surface area contributed by atoms with Crippen LogP contribution < -0.4 is 11.1 Å². The van der Waals surface area contributed by atoms with E-state index in [1.54, 1.807) is 0 Å². The molecule has 1 fully saturated rings. The monoisotopic (exact) mass is 285 g/mol. The Morgan fingerprint density at radius 2 is 2.05 bits per heavy atom. The summed E-state index contributed by atoms with van der Waals surface area (Å²) in [6, 6.07) is -0.643. The molecule has 1 aliphatic rings. The molecule has 7 heteroatoms. The van der Waals surface area contributed by atoms with Gasteiger partial charge in [-0.25, -0.2) is 0 Å². The molecule has 0 radical (unpaired) electrons. The second kappa shape index (κ2) is 7.23. The number of carboxylic acid groups (broad SMARTS) is 1. The number of nitrogens with two attached hydrogens (primary N) is 1. The standard InChI is InChI=1S/C13H23N3O4/c1-8(2)11(14)12(18)15-6-10(17)16-5-3-4-9(7-16)13(19)20/h8-9,11H,3-7,14H2,1-2H3,(H,15,18)(H,19,20)/t9-,11+/m1/s1. The Labute approximate surface area is 118 Å². The Morgan fingerprint density at radius 3 is 2.60 bits per heavy atom. The van der Waals surface area contributed by atoms with Gasteiger partial charge in [-0.15, -0.1) is 0 Å². The first-order chi connectivity index (χ1) is 9.32. The van der Waals surface area contributed by atoms with E-state index in [0.717, 1.165) is 0 Å². The smallest absolute Gasteiger partial charge is 0.308 e. The lowest BCUT2D eigenvalue weighted by Crippen LogP contribution is -2.50. The number of piperidine rings is 1. The third kappa shape index (κ3) is 4.48. The fraction of sp³-hybridized carbons (Fsp3) is 0.769. The predicted octanol–water partition coefficient (Wildman–Crippen LogP) is -0.591. The van der Waals surface area contributed by atoms with Crippen LogP contribution in [0.5, 0.6) is 0 Å². The van der Waals surface area contributed by atoms with Crippen LogP contribution in [0.25, 0.3) is 0 Å². The summed E-state index contributed by atoms with van der Waals surface area (Å²) in [5, 5.41) is 11.5. The van der Waals surface area contributed by atoms with E-state index < -0.39 is 17.9 Å². The zero-order valence-corrected chi connectivity index (χ0v) is 12.0. The molecule has 0 aliphatic carbocycles. The molecule has 1 aliphatic heterocycles. The van der Waals surface area contributed by atoms with Crippen molar-refractivity contribution in [2.24, 2.45) is 17.6 Å². The molecular formula is C13H23N3O4. The minimum atomic E-state index is -0.881. The fourth-order valence-electron chi connectivity index (χ4n) is 2.10. The van der Waals surface area contributed by atoms with Gasteiger partial charge in [-0.3, -0.25) is 14.4 Å². The molecule has 4 N–H and O–H groups in total. The molecule has 0 spiro atoms. The summed E-state index contributed by atoms with van der Waals surface area (Å²) in [6.45, 7) is 4.27. The van der Waals surface area contributed by atoms with Crippen molar-refractivity contribution in [3.05, 3.63) is 0 Å². The lowest BCUT2D eigenvalue weighted by molar-refractivity contribution is -0.146. The third-order valence-corrected chi connectivity index (χ3v) is 3.56. The molecule has 2 amide bonds. The molecule has 0 aromatic carbocycles. The highest BCUT2D eigenvalue weighted by atomic mass is 16.4. The van der Waals surface area contributed by atoms with Crippen molar-refractivity contribution in [3.63, 3.8) is 0 Å². The summed E-state index contributed by atoms with van der Waals surface area (Å²) in [5.41, 5.74) is 5.67. The van der Waals surface area contributed by atoms with Crippen LogP contribution in [-0.4, -0.2) is 53.5 Å². The van der Waals surface area contributed by atoms with E-state index in [1.165, 1.54) is 4.90 Å². The topological polar surface area (TPSA) is 113 Å². The minimum Gasteiger partial charge on any atom is -0.481 e. The number of rotatable bonds is 5. The maximum Gasteiger partial charge on any atom is 0.308 e. The zero-order chi connectivity index (χ0) is 15.3. The van der Waals surface area contributed by atoms with Gasteiger partial charge in [0.05, 0.1) is 18.5 Å². The number of aliphatic carboxylic acids is 1. The van der Waals surface area contributed by atoms with Gasteiger partial charge in [-0.05, 0) is 18.8 Å². The average Bonchev–Trinajstić information content (AvgIpc) is 2.43. The van der Waals surface area contributed by atoms with Gasteiger partial charge in [0.2, 0.25) is 11.8 Å². The largest absolute Gasteiger partial charge is 0.481 e. The lowest BCUT2D eigenvalue weighted by atomic mass is 9.98. The number of carbonyl (C=O) groups is 3. The number of hydrogen-bond donors (Lipinski definition) is 3. The summed E-state index contributed by atoms with van der Waals surface area (Å²) >= 11 is 0. The number of nitrogens with one attached hydrogen (secondary N) is 1. The molecular weight excluding hydrogens is 262 g/mol. The van der Waals surface area contributed by atoms with Crippen molar-refractivity contribution in [2.45, 2.75) is 32.7 Å². The Kier molecular flexibility index (Phi) is 5.94. The summed E-state index contributed by atoms with van der Waals surface area (Å²) in [4.78, 5) is 36.0. The van der Waals surface area contributed by atoms with Gasteiger partial charge in [0.1, 0.15) is 0 Å². The van der Waals surface area contributed by atoms with Crippen LogP contribution in [0.3, 0.4) is 0 Å². The maximum absolute atomic E-state index is 11.9. The Hall–Kier alpha value is -1.63. The molecule has 1 rings (SSSR count). The third-order valence-electron chi connectivity index (χ3n) is 3.56. The second-order valence-electron chi connectivity index (χ2n) is 5.50. The molecule has 2 atom stereocenters. The second-order valence-corrected chi connectivity index (χ2v) is 5.50. The van der Waals surface area contributed by atoms with Gasteiger partial charge in [0.25, 0.3) is 0 Å². The molecule has 0 aromatic rings. The van der Waals surface area contributed by atoms with Crippen LogP contribution in [0.15, 0.2) is 0 Å². The van der Waals surface area contributed by atoms with E-state index in [9.17, 15) is 14.4 Å². The van der Waals surface area contributed by atoms with Gasteiger partial charge < -0.3 is 21.1 Å². The molecule has 1 saturated heterocycles. The van der Waals surface area contributed by atoms with Gasteiger partial charge in [-0.2, -0.15) is 0 Å². The molecule has 0 aromatic heterocycles. The number of nitrogens with zero attached hydrogens (tertiary/aromatic N) is 1. The summed E-state index contributed by atoms with van der Waals surface area (Å²) in [5.74, 6) is -2.02. The van der Waals surface area contributed by atoms with E-state index in [1.807, 2.05) is 13.8 Å². The molecule has 7 nitrogen and oxygen atoms in total. The van der Waals surface area contributed by atoms with Crippen molar-refractivity contribution in [1.82, 2.24) is 10.2 Å². The van der Waals surface area contributed by atoms with Crippen LogP contribution in [0, 0.1) is 11.8 Å². The van der Waals surface area contributed by atoms with Crippen molar-refractivity contribution in [2.75, 3.05) is 19.6 Å². The Morgan fingerprint density at radius 1 is 1.40 bits per heavy atom. The average molecular weight is 285 g/mol. The predicted molar refractivity (Wildman–Crippen MR) is 72.8 cm³/mol. The molecule has 1 heterocycles. The number of likely N-dealkylation sites (tertiary alicyclic amines) is 1. The normalized spacial score (nSPS) is 20.6. The molecule has 114 valence electrons. The van der Waals surface area contributed by atoms with E-state index >= 15 is 0 Å². The summed E-state index contributed by atoms with van der Waals surface area (Å²) in [6.07, 6.45) is 1.26. The first-order valence-corrected chi connectivity index (χ1v) is 6.86. The number of amides is 2. The van der Waals surface area contributed by atoms with E-state index in [0.29, 0.717) is 19.4 Å². The first kappa shape index (κ1) is 16.4. The molecule has 0 saturated carbocycles. The first-order valence-electron chi connectivity index (χ1n) is 6.86. The van der Waals surface area contributed by atoms with Crippen molar-refractivity contribution in [1.29, 1.82) is 0 Å². The molecule has 0 bridgehead atoms. The summed E-state index contributed by atoms with van der Waals surface area (Å²) in [7, 11) is 0. The van der Waals surface area contributed by atoms with Gasteiger partial charge >= 0.3 is 5.97 Å². The van der Waals surface area contributed by atoms with Crippen LogP contribution in [0.2, 0.25) is 0 Å². The van der Waals surface area contributed by atoms with Gasteiger partial charge in [0.15, 0.2) is 0 Å². The SMILES string of the molecule is CC(C)[C@H](N)C(=O)NCC(=O)N1CCC[C@@H](C(=O)O)C1. The number of carboxylic acids is 1. The van der Waals surface area contributed by atoms with E-state index in [2.05, 4.69) is 5.32 Å².